The average molecular weight is 459 g/mol. The van der Waals surface area contributed by atoms with E-state index in [4.69, 9.17) is 9.26 Å². The summed E-state index contributed by atoms with van der Waals surface area (Å²) in [5.74, 6) is 1.04. The molecule has 0 aliphatic carbocycles. The van der Waals surface area contributed by atoms with Crippen molar-refractivity contribution < 1.29 is 18.8 Å². The highest BCUT2D eigenvalue weighted by Crippen LogP contribution is 2.34. The number of hydrogen-bond acceptors (Lipinski definition) is 8. The second-order valence-electron chi connectivity index (χ2n) is 7.84. The van der Waals surface area contributed by atoms with E-state index in [9.17, 15) is 9.59 Å². The Morgan fingerprint density at radius 1 is 1.21 bits per heavy atom. The highest BCUT2D eigenvalue weighted by molar-refractivity contribution is 6.02. The van der Waals surface area contributed by atoms with Gasteiger partial charge in [-0.3, -0.25) is 9.59 Å². The van der Waals surface area contributed by atoms with Crippen molar-refractivity contribution in [3.05, 3.63) is 71.6 Å². The highest BCUT2D eigenvalue weighted by atomic mass is 16.5. The maximum absolute atomic E-state index is 13.1. The Balaban J connectivity index is 1.30. The molecule has 0 bridgehead atoms. The largest absolute Gasteiger partial charge is 0.489 e. The molecule has 0 radical (unpaired) electrons. The number of nitrogens with zero attached hydrogens (tertiary/aromatic N) is 5. The molecule has 2 amide bonds. The maximum atomic E-state index is 13.1. The molecule has 2 N–H and O–H groups in total. The van der Waals surface area contributed by atoms with E-state index in [-0.39, 0.29) is 18.3 Å². The summed E-state index contributed by atoms with van der Waals surface area (Å²) in [7, 11) is 1.62. The van der Waals surface area contributed by atoms with Crippen molar-refractivity contribution in [2.75, 3.05) is 18.6 Å². The standard InChI is InChI=1S/C23H21N7O4/c1-13-24-20(29-34-13)15-8-9-18-17(11-15)30(2)23(32)16(12-33-18)25-22(31)21-26-19(27-28-21)10-14-6-4-3-5-7-14/h3-9,11,16H,10,12H2,1-2H3,(H,25,31)(H,26,27,28). The Labute approximate surface area is 194 Å². The number of aryl methyl sites for hydroxylation is 1. The molecule has 0 saturated heterocycles. The predicted octanol–water partition coefficient (Wildman–Crippen LogP) is 1.91. The number of aromatic nitrogens is 5. The molecule has 1 atom stereocenters. The molecule has 5 rings (SSSR count). The van der Waals surface area contributed by atoms with Crippen LogP contribution < -0.4 is 15.0 Å². The van der Waals surface area contributed by atoms with Gasteiger partial charge in [0.25, 0.3) is 11.8 Å². The lowest BCUT2D eigenvalue weighted by Gasteiger charge is -2.20. The lowest BCUT2D eigenvalue weighted by atomic mass is 10.1. The molecule has 1 unspecified atom stereocenters. The Kier molecular flexibility index (Phi) is 5.50. The Morgan fingerprint density at radius 2 is 2.03 bits per heavy atom. The fourth-order valence-electron chi connectivity index (χ4n) is 3.65. The van der Waals surface area contributed by atoms with Gasteiger partial charge in [-0.2, -0.15) is 4.98 Å². The van der Waals surface area contributed by atoms with E-state index in [0.29, 0.717) is 41.0 Å². The van der Waals surface area contributed by atoms with E-state index in [1.165, 1.54) is 4.90 Å². The molecule has 0 fully saturated rings. The van der Waals surface area contributed by atoms with Crippen LogP contribution >= 0.6 is 0 Å². The average Bonchev–Trinajstić information content (AvgIpc) is 3.48. The molecule has 2 aromatic carbocycles. The molecule has 172 valence electrons. The number of carbonyl (C=O) groups excluding carboxylic acids is 2. The molecule has 3 heterocycles. The molecule has 11 nitrogen and oxygen atoms in total. The summed E-state index contributed by atoms with van der Waals surface area (Å²) in [4.78, 5) is 34.4. The topological polar surface area (TPSA) is 139 Å². The molecule has 2 aromatic heterocycles. The zero-order valence-corrected chi connectivity index (χ0v) is 18.5. The number of benzene rings is 2. The number of hydrogen-bond donors (Lipinski definition) is 2. The van der Waals surface area contributed by atoms with Gasteiger partial charge in [0, 0.05) is 26.0 Å². The van der Waals surface area contributed by atoms with Gasteiger partial charge >= 0.3 is 0 Å². The zero-order valence-electron chi connectivity index (χ0n) is 18.5. The molecular formula is C23H21N7O4. The second-order valence-corrected chi connectivity index (χ2v) is 7.84. The third kappa shape index (κ3) is 4.22. The number of anilines is 1. The molecule has 4 aromatic rings. The van der Waals surface area contributed by atoms with E-state index in [2.05, 4.69) is 30.6 Å². The third-order valence-electron chi connectivity index (χ3n) is 5.41. The van der Waals surface area contributed by atoms with Gasteiger partial charge in [-0.25, -0.2) is 0 Å². The molecule has 34 heavy (non-hydrogen) atoms. The van der Waals surface area contributed by atoms with Crippen molar-refractivity contribution in [2.24, 2.45) is 0 Å². The van der Waals surface area contributed by atoms with Crippen molar-refractivity contribution in [1.82, 2.24) is 30.6 Å². The SMILES string of the molecule is Cc1nc(-c2ccc3c(c2)N(C)C(=O)C(NC(=O)c2nnc(Cc4ccccc4)[nH]2)CO3)no1. The summed E-state index contributed by atoms with van der Waals surface area (Å²) >= 11 is 0. The smallest absolute Gasteiger partial charge is 0.289 e. The Bertz CT molecular complexity index is 1350. The first-order chi connectivity index (χ1) is 16.5. The number of rotatable bonds is 5. The highest BCUT2D eigenvalue weighted by Gasteiger charge is 2.32. The number of fused-ring (bicyclic) bond motifs is 1. The van der Waals surface area contributed by atoms with Crippen LogP contribution in [-0.4, -0.2) is 56.8 Å². The third-order valence-corrected chi connectivity index (χ3v) is 5.41. The van der Waals surface area contributed by atoms with Crippen LogP contribution in [0.4, 0.5) is 5.69 Å². The molecule has 0 saturated carbocycles. The molecule has 1 aliphatic rings. The molecule has 0 spiro atoms. The number of H-pyrrole nitrogens is 1. The van der Waals surface area contributed by atoms with Crippen molar-refractivity contribution in [3.8, 4) is 17.1 Å². The summed E-state index contributed by atoms with van der Waals surface area (Å²) in [6, 6.07) is 14.1. The first kappa shape index (κ1) is 21.3. The lowest BCUT2D eigenvalue weighted by Crippen LogP contribution is -2.49. The fraction of sp³-hybridized carbons (Fsp3) is 0.217. The van der Waals surface area contributed by atoms with Crippen LogP contribution in [0.25, 0.3) is 11.4 Å². The van der Waals surface area contributed by atoms with Gasteiger partial charge in [0.05, 0.1) is 5.69 Å². The van der Waals surface area contributed by atoms with Crippen molar-refractivity contribution in [1.29, 1.82) is 0 Å². The molecule has 1 aliphatic heterocycles. The van der Waals surface area contributed by atoms with E-state index in [1.807, 2.05) is 30.3 Å². The van der Waals surface area contributed by atoms with E-state index in [0.717, 1.165) is 5.56 Å². The summed E-state index contributed by atoms with van der Waals surface area (Å²) < 4.78 is 10.9. The maximum Gasteiger partial charge on any atom is 0.289 e. The second kappa shape index (κ2) is 8.77. The van der Waals surface area contributed by atoms with Crippen molar-refractivity contribution in [3.63, 3.8) is 0 Å². The minimum Gasteiger partial charge on any atom is -0.489 e. The normalized spacial score (nSPS) is 15.4. The fourth-order valence-corrected chi connectivity index (χ4v) is 3.65. The summed E-state index contributed by atoms with van der Waals surface area (Å²) in [6.07, 6.45) is 0.507. The monoisotopic (exact) mass is 459 g/mol. The summed E-state index contributed by atoms with van der Waals surface area (Å²) in [6.45, 7) is 1.67. The summed E-state index contributed by atoms with van der Waals surface area (Å²) in [5, 5.41) is 14.6. The van der Waals surface area contributed by atoms with Gasteiger partial charge in [-0.1, -0.05) is 35.5 Å². The van der Waals surface area contributed by atoms with Crippen LogP contribution in [-0.2, 0) is 11.2 Å². The van der Waals surface area contributed by atoms with Crippen LogP contribution in [0.15, 0.2) is 53.1 Å². The summed E-state index contributed by atoms with van der Waals surface area (Å²) in [5.41, 5.74) is 2.24. The van der Waals surface area contributed by atoms with Crippen LogP contribution in [0.2, 0.25) is 0 Å². The number of carbonyl (C=O) groups is 2. The van der Waals surface area contributed by atoms with Crippen molar-refractivity contribution in [2.45, 2.75) is 19.4 Å². The molecule has 11 heteroatoms. The van der Waals surface area contributed by atoms with Gasteiger partial charge in [0.15, 0.2) is 0 Å². The van der Waals surface area contributed by atoms with Gasteiger partial charge < -0.3 is 24.5 Å². The first-order valence-corrected chi connectivity index (χ1v) is 10.6. The van der Waals surface area contributed by atoms with Gasteiger partial charge in [0.1, 0.15) is 24.2 Å². The lowest BCUT2D eigenvalue weighted by molar-refractivity contribution is -0.120. The minimum absolute atomic E-state index is 0.0258. The number of nitrogens with one attached hydrogen (secondary N) is 2. The van der Waals surface area contributed by atoms with Crippen LogP contribution in [0.3, 0.4) is 0 Å². The zero-order chi connectivity index (χ0) is 23.7. The van der Waals surface area contributed by atoms with E-state index < -0.39 is 11.9 Å². The predicted molar refractivity (Wildman–Crippen MR) is 120 cm³/mol. The Hall–Kier alpha value is -4.54. The number of amides is 2. The van der Waals surface area contributed by atoms with Crippen LogP contribution in [0, 0.1) is 6.92 Å². The van der Waals surface area contributed by atoms with Crippen LogP contribution in [0.5, 0.6) is 5.75 Å². The quantitative estimate of drug-likeness (QED) is 0.461. The number of ether oxygens (including phenoxy) is 1. The van der Waals surface area contributed by atoms with E-state index in [1.54, 1.807) is 32.2 Å². The van der Waals surface area contributed by atoms with Crippen LogP contribution in [0.1, 0.15) is 27.9 Å². The first-order valence-electron chi connectivity index (χ1n) is 10.6. The number of likely N-dealkylation sites (N-methyl/N-ethyl adjacent to an activating group) is 1. The van der Waals surface area contributed by atoms with Gasteiger partial charge in [0.2, 0.25) is 17.5 Å². The Morgan fingerprint density at radius 3 is 2.79 bits per heavy atom. The van der Waals surface area contributed by atoms with Gasteiger partial charge in [-0.15, -0.1) is 10.2 Å². The molecular weight excluding hydrogens is 438 g/mol. The number of aromatic amines is 1. The van der Waals surface area contributed by atoms with E-state index >= 15 is 0 Å². The van der Waals surface area contributed by atoms with Gasteiger partial charge in [-0.05, 0) is 23.8 Å². The minimum atomic E-state index is -0.913. The van der Waals surface area contributed by atoms with Crippen molar-refractivity contribution >= 4 is 17.5 Å².